The first-order chi connectivity index (χ1) is 43.6. The van der Waals surface area contributed by atoms with Crippen molar-refractivity contribution in [1.29, 1.82) is 0 Å². The minimum Gasteiger partial charge on any atom is -0.481 e. The van der Waals surface area contributed by atoms with Crippen molar-refractivity contribution in [3.63, 3.8) is 0 Å². The third kappa shape index (κ3) is 35.1. The van der Waals surface area contributed by atoms with E-state index >= 15 is 0 Å². The fraction of sp³-hybridized carbons (Fsp3) is 0.765. The van der Waals surface area contributed by atoms with Crippen LogP contribution in [0.25, 0.3) is 0 Å². The molecule has 0 aromatic carbocycles. The molecule has 0 aromatic heterocycles. The molecule has 0 aliphatic rings. The summed E-state index contributed by atoms with van der Waals surface area (Å²) in [7, 11) is 3.21. The molecule has 0 bridgehead atoms. The van der Waals surface area contributed by atoms with Crippen LogP contribution in [-0.2, 0) is 62.3 Å². The number of aliphatic hydroxyl groups is 15. The van der Waals surface area contributed by atoms with Crippen LogP contribution in [0.4, 0.5) is 0 Å². The molecule has 93 heavy (non-hydrogen) atoms. The number of esters is 1. The van der Waals surface area contributed by atoms with Gasteiger partial charge < -0.3 is 145 Å². The maximum absolute atomic E-state index is 14.4. The quantitative estimate of drug-likeness (QED) is 0.0153. The highest BCUT2D eigenvalue weighted by molar-refractivity contribution is 8.76. The van der Waals surface area contributed by atoms with Gasteiger partial charge in [-0.2, -0.15) is 0 Å². The molecule has 0 aliphatic carbocycles. The van der Waals surface area contributed by atoms with Crippen LogP contribution in [0.2, 0.25) is 0 Å². The summed E-state index contributed by atoms with van der Waals surface area (Å²) in [5.74, 6) is -15.2. The summed E-state index contributed by atoms with van der Waals surface area (Å²) >= 11 is 0. The van der Waals surface area contributed by atoms with E-state index < -0.39 is 284 Å². The second kappa shape index (κ2) is 46.7. The van der Waals surface area contributed by atoms with Crippen LogP contribution >= 0.6 is 21.6 Å². The van der Waals surface area contributed by atoms with Gasteiger partial charge in [-0.25, -0.2) is 4.79 Å². The number of carboxylic acids is 3. The molecule has 0 unspecified atom stereocenters. The Morgan fingerprint density at radius 3 is 0.978 bits per heavy atom. The molecule has 0 heterocycles. The SMILES string of the molecule is COC(=O)CCCSSC[C@@H](NC(=O)[C@H](CCC(=O)NC[C@H](O)[C@@H](O)[C@H](O)[C@H](O)CO)NC(=O)[C@@H](CCC(=O)O)NC(=O)[C@H](CCC(=O)NC[C@H](O)[C@@H](O)[C@H](O)[C@H](O)CO)NC(=O)[C@@H](CCC(=O)O)NC(=O)[C@@H](N)CCC(=O)NC[C@H](O)[C@@H](O)[C@H](O)[C@H](O)CO)C(=O)O. The van der Waals surface area contributed by atoms with Crippen LogP contribution in [-0.4, -0.2) is 331 Å². The van der Waals surface area contributed by atoms with Crippen molar-refractivity contribution < 1.29 is 154 Å². The van der Waals surface area contributed by atoms with E-state index in [-0.39, 0.29) is 12.2 Å². The summed E-state index contributed by atoms with van der Waals surface area (Å²) in [5.41, 5.74) is 5.96. The summed E-state index contributed by atoms with van der Waals surface area (Å²) in [6.07, 6.45) is -31.8. The molecule has 0 saturated carbocycles. The van der Waals surface area contributed by atoms with E-state index in [2.05, 4.69) is 47.3 Å². The standard InChI is InChI=1S/C51H89N9O31S2/c1-91-39(77)3-2-14-92-93-21-27(51(89)90)60-50(88)24(6-11-36(72)55-17-30(66)42(80)45(83)33(69)20-63)58-49(87)26(8-13-38(75)76)59-47(85)23(5-10-35(71)54-16-29(65)41(79)44(82)32(68)19-62)57-48(86)25(7-12-37(73)74)56-46(84)22(52)4-9-34(70)53-15-28(64)40(78)43(81)31(67)18-61/h22-33,40-45,61-69,78-83H,2-21,52H2,1H3,(H,53,70)(H,54,71)(H,55,72)(H,56,84)(H,57,86)(H,58,87)(H,59,85)(H,60,88)(H,73,74)(H,75,76)(H,89,90)/t22-,23-,24-,25+,26+,27+,28-,29-,30-,31+,32+,33+,40+,41+,42+,43+,44+,45+/m0/s1. The van der Waals surface area contributed by atoms with Gasteiger partial charge in [0, 0.05) is 69.7 Å². The van der Waals surface area contributed by atoms with E-state index in [9.17, 15) is 134 Å². The van der Waals surface area contributed by atoms with Crippen molar-refractivity contribution in [2.45, 2.75) is 187 Å². The summed E-state index contributed by atoms with van der Waals surface area (Å²) in [6, 6.07) is -11.5. The van der Waals surface area contributed by atoms with Crippen LogP contribution in [0.5, 0.6) is 0 Å². The highest BCUT2D eigenvalue weighted by Gasteiger charge is 2.37. The summed E-state index contributed by atoms with van der Waals surface area (Å²) in [5, 5.41) is 193. The first-order valence-corrected chi connectivity index (χ1v) is 31.1. The monoisotopic (exact) mass is 1390 g/mol. The number of aliphatic hydroxyl groups excluding tert-OH is 15. The molecule has 0 saturated heterocycles. The predicted octanol–water partition coefficient (Wildman–Crippen LogP) is -13.1. The Morgan fingerprint density at radius 2 is 0.677 bits per heavy atom. The lowest BCUT2D eigenvalue weighted by molar-refractivity contribution is -0.142. The molecule has 0 fully saturated rings. The molecule has 0 aliphatic heterocycles. The number of ether oxygens (including phenoxy) is 1. The fourth-order valence-corrected chi connectivity index (χ4v) is 9.89. The molecular weight excluding hydrogens is 1300 g/mol. The van der Waals surface area contributed by atoms with Gasteiger partial charge in [0.1, 0.15) is 85.1 Å². The maximum atomic E-state index is 14.4. The van der Waals surface area contributed by atoms with Gasteiger partial charge in [0.15, 0.2) is 0 Å². The Kier molecular flexibility index (Phi) is 43.6. The lowest BCUT2D eigenvalue weighted by atomic mass is 10.0. The highest BCUT2D eigenvalue weighted by Crippen LogP contribution is 2.24. The zero-order chi connectivity index (χ0) is 71.2. The van der Waals surface area contributed by atoms with E-state index in [1.165, 1.54) is 7.11 Å². The average Bonchev–Trinajstić information content (AvgIpc) is 1.08. The van der Waals surface area contributed by atoms with Crippen LogP contribution in [0.3, 0.4) is 0 Å². The van der Waals surface area contributed by atoms with Crippen molar-refractivity contribution in [1.82, 2.24) is 42.5 Å². The number of rotatable bonds is 51. The molecule has 536 valence electrons. The number of carbonyl (C=O) groups excluding carboxylic acids is 9. The Labute approximate surface area is 538 Å². The number of methoxy groups -OCH3 is 1. The van der Waals surface area contributed by atoms with Gasteiger partial charge in [-0.3, -0.25) is 52.7 Å². The Morgan fingerprint density at radius 1 is 0.387 bits per heavy atom. The van der Waals surface area contributed by atoms with Gasteiger partial charge in [-0.15, -0.1) is 0 Å². The molecular formula is C51H89N9O31S2. The third-order valence-electron chi connectivity index (χ3n) is 13.4. The van der Waals surface area contributed by atoms with Gasteiger partial charge in [0.05, 0.1) is 51.3 Å². The Balaban J connectivity index is 7.18. The summed E-state index contributed by atoms with van der Waals surface area (Å²) in [6.45, 7) is -5.54. The molecule has 0 spiro atoms. The first-order valence-electron chi connectivity index (χ1n) is 28.6. The molecule has 0 rings (SSSR count). The normalized spacial score (nSPS) is 17.3. The Bertz CT molecular complexity index is 2380. The lowest BCUT2D eigenvalue weighted by Crippen LogP contribution is -2.59. The second-order valence-corrected chi connectivity index (χ2v) is 23.5. The fourth-order valence-electron chi connectivity index (χ4n) is 7.65. The molecule has 28 N–H and O–H groups in total. The van der Waals surface area contributed by atoms with Crippen molar-refractivity contribution in [3.05, 3.63) is 0 Å². The van der Waals surface area contributed by atoms with Gasteiger partial charge in [0.2, 0.25) is 47.3 Å². The predicted molar refractivity (Wildman–Crippen MR) is 315 cm³/mol. The number of nitrogens with two attached hydrogens (primary N) is 1. The molecule has 42 heteroatoms. The topological polar surface area (TPSA) is 700 Å². The van der Waals surface area contributed by atoms with Crippen molar-refractivity contribution >= 4 is 92.7 Å². The van der Waals surface area contributed by atoms with E-state index in [1.807, 2.05) is 0 Å². The van der Waals surface area contributed by atoms with Gasteiger partial charge in [-0.1, -0.05) is 21.6 Å². The molecule has 0 radical (unpaired) electrons. The average molecular weight is 1390 g/mol. The first kappa shape index (κ1) is 86.7. The van der Waals surface area contributed by atoms with Crippen molar-refractivity contribution in [2.75, 3.05) is 58.1 Å². The van der Waals surface area contributed by atoms with E-state index in [0.29, 0.717) is 12.2 Å². The number of amides is 8. The third-order valence-corrected chi connectivity index (χ3v) is 15.9. The number of carboxylic acid groups (broad SMARTS) is 3. The smallest absolute Gasteiger partial charge is 0.327 e. The number of carbonyl (C=O) groups is 12. The van der Waals surface area contributed by atoms with E-state index in [0.717, 1.165) is 21.6 Å². The zero-order valence-corrected chi connectivity index (χ0v) is 51.9. The minimum absolute atomic E-state index is 0.0265. The van der Waals surface area contributed by atoms with Gasteiger partial charge in [0.25, 0.3) is 0 Å². The van der Waals surface area contributed by atoms with Crippen molar-refractivity contribution in [2.24, 2.45) is 5.73 Å². The maximum Gasteiger partial charge on any atom is 0.327 e. The Hall–Kier alpha value is -6.30. The largest absolute Gasteiger partial charge is 0.481 e. The second-order valence-electron chi connectivity index (χ2n) is 20.8. The number of hydrogen-bond donors (Lipinski definition) is 27. The summed E-state index contributed by atoms with van der Waals surface area (Å²) < 4.78 is 4.57. The van der Waals surface area contributed by atoms with Gasteiger partial charge in [-0.05, 0) is 38.5 Å². The highest BCUT2D eigenvalue weighted by atomic mass is 33.1. The zero-order valence-electron chi connectivity index (χ0n) is 50.3. The summed E-state index contributed by atoms with van der Waals surface area (Å²) in [4.78, 5) is 156. The van der Waals surface area contributed by atoms with Crippen molar-refractivity contribution in [3.8, 4) is 0 Å². The number of nitrogens with one attached hydrogen (secondary N) is 8. The van der Waals surface area contributed by atoms with Crippen LogP contribution < -0.4 is 48.3 Å². The molecule has 18 atom stereocenters. The molecule has 8 amide bonds. The minimum atomic E-state index is -2.17. The van der Waals surface area contributed by atoms with Crippen LogP contribution in [0.1, 0.15) is 77.0 Å². The van der Waals surface area contributed by atoms with Gasteiger partial charge >= 0.3 is 23.9 Å². The van der Waals surface area contributed by atoms with E-state index in [1.54, 1.807) is 0 Å². The molecule has 0 aromatic rings. The number of aliphatic carboxylic acids is 3. The number of hydrogen-bond acceptors (Lipinski definition) is 31. The van der Waals surface area contributed by atoms with Crippen LogP contribution in [0.15, 0.2) is 0 Å². The lowest BCUT2D eigenvalue weighted by Gasteiger charge is -2.27. The molecule has 40 nitrogen and oxygen atoms in total. The van der Waals surface area contributed by atoms with Crippen LogP contribution in [0, 0.1) is 0 Å². The van der Waals surface area contributed by atoms with E-state index in [4.69, 9.17) is 21.1 Å².